The fourth-order valence-electron chi connectivity index (χ4n) is 4.07. The summed E-state index contributed by atoms with van der Waals surface area (Å²) in [6.45, 7) is 5.84. The van der Waals surface area contributed by atoms with Gasteiger partial charge < -0.3 is 14.8 Å². The number of allylic oxidation sites excluding steroid dienone is 2. The first-order valence-corrected chi connectivity index (χ1v) is 11.1. The second kappa shape index (κ2) is 8.48. The Hall–Kier alpha value is -2.64. The van der Waals surface area contributed by atoms with Crippen LogP contribution in [0.1, 0.15) is 34.3 Å². The van der Waals surface area contributed by atoms with Crippen LogP contribution in [0.3, 0.4) is 0 Å². The lowest BCUT2D eigenvalue weighted by molar-refractivity contribution is -0.136. The Morgan fingerprint density at radius 2 is 1.84 bits per heavy atom. The number of esters is 1. The Balaban J connectivity index is 1.92. The number of rotatable bonds is 5. The Bertz CT molecular complexity index is 1170. The smallest absolute Gasteiger partial charge is 0.336 e. The number of Topliss-reactive ketones (excluding diaryl/α,β-unsaturated/α-hetero) is 1. The van der Waals surface area contributed by atoms with E-state index in [1.807, 2.05) is 37.3 Å². The largest absolute Gasteiger partial charge is 0.487 e. The molecular formula is C24H19Br2NO4. The Labute approximate surface area is 197 Å². The summed E-state index contributed by atoms with van der Waals surface area (Å²) in [4.78, 5) is 26.2. The predicted octanol–water partition coefficient (Wildman–Crippen LogP) is 5.52. The molecule has 0 saturated heterocycles. The van der Waals surface area contributed by atoms with Gasteiger partial charge in [-0.2, -0.15) is 0 Å². The molecule has 4 rings (SSSR count). The van der Waals surface area contributed by atoms with Crippen molar-refractivity contribution in [3.63, 3.8) is 0 Å². The molecule has 2 aliphatic rings. The third kappa shape index (κ3) is 3.55. The Morgan fingerprint density at radius 1 is 1.19 bits per heavy atom. The number of nitrogens with one attached hydrogen (secondary N) is 1. The van der Waals surface area contributed by atoms with E-state index in [9.17, 15) is 9.59 Å². The van der Waals surface area contributed by atoms with Crippen LogP contribution < -0.4 is 10.1 Å². The highest BCUT2D eigenvalue weighted by Crippen LogP contribution is 2.48. The molecule has 1 N–H and O–H groups in total. The topological polar surface area (TPSA) is 64.6 Å². The van der Waals surface area contributed by atoms with Gasteiger partial charge >= 0.3 is 5.97 Å². The molecule has 0 spiro atoms. The van der Waals surface area contributed by atoms with E-state index in [4.69, 9.17) is 9.47 Å². The highest BCUT2D eigenvalue weighted by atomic mass is 79.9. The number of methoxy groups -OCH3 is 1. The molecule has 1 atom stereocenters. The van der Waals surface area contributed by atoms with E-state index in [1.54, 1.807) is 12.1 Å². The van der Waals surface area contributed by atoms with E-state index in [0.29, 0.717) is 43.7 Å². The predicted molar refractivity (Wildman–Crippen MR) is 126 cm³/mol. The number of ether oxygens (including phenoxy) is 2. The summed E-state index contributed by atoms with van der Waals surface area (Å²) >= 11 is 7.12. The van der Waals surface area contributed by atoms with Crippen LogP contribution in [0.4, 0.5) is 0 Å². The van der Waals surface area contributed by atoms with Gasteiger partial charge in [0.1, 0.15) is 12.4 Å². The van der Waals surface area contributed by atoms with Gasteiger partial charge in [-0.3, -0.25) is 4.79 Å². The quantitative estimate of drug-likeness (QED) is 0.397. The summed E-state index contributed by atoms with van der Waals surface area (Å²) in [6.07, 6.45) is 1.66. The molecule has 0 bridgehead atoms. The third-order valence-corrected chi connectivity index (χ3v) is 6.53. The summed E-state index contributed by atoms with van der Waals surface area (Å²) in [5.74, 6) is -0.557. The first-order valence-electron chi connectivity index (χ1n) is 9.56. The summed E-state index contributed by atoms with van der Waals surface area (Å²) in [7, 11) is 1.34. The average molecular weight is 545 g/mol. The lowest BCUT2D eigenvalue weighted by Gasteiger charge is -2.29. The number of carbonyl (C=O) groups excluding carboxylic acids is 2. The lowest BCUT2D eigenvalue weighted by Crippen LogP contribution is -2.29. The van der Waals surface area contributed by atoms with Crippen molar-refractivity contribution in [1.82, 2.24) is 5.32 Å². The van der Waals surface area contributed by atoms with Gasteiger partial charge in [-0.1, -0.05) is 36.9 Å². The number of carbonyl (C=O) groups is 2. The molecule has 5 nitrogen and oxygen atoms in total. The van der Waals surface area contributed by atoms with Gasteiger partial charge in [0.25, 0.3) is 0 Å². The van der Waals surface area contributed by atoms with E-state index >= 15 is 0 Å². The first kappa shape index (κ1) is 21.6. The molecule has 2 aromatic rings. The highest BCUT2D eigenvalue weighted by molar-refractivity contribution is 9.11. The zero-order chi connectivity index (χ0) is 22.3. The van der Waals surface area contributed by atoms with Crippen molar-refractivity contribution in [3.05, 3.63) is 91.5 Å². The summed E-state index contributed by atoms with van der Waals surface area (Å²) in [5.41, 5.74) is 4.54. The molecule has 1 heterocycles. The summed E-state index contributed by atoms with van der Waals surface area (Å²) in [5, 5.41) is 3.28. The van der Waals surface area contributed by atoms with E-state index in [1.165, 1.54) is 7.11 Å². The van der Waals surface area contributed by atoms with E-state index in [0.717, 1.165) is 16.8 Å². The zero-order valence-electron chi connectivity index (χ0n) is 16.9. The average Bonchev–Trinajstić information content (AvgIpc) is 3.03. The fourth-order valence-corrected chi connectivity index (χ4v) is 5.52. The van der Waals surface area contributed by atoms with Crippen LogP contribution in [0, 0.1) is 0 Å². The molecule has 0 aromatic heterocycles. The molecule has 0 amide bonds. The van der Waals surface area contributed by atoms with Gasteiger partial charge in [-0.15, -0.1) is 0 Å². The number of halogens is 2. The summed E-state index contributed by atoms with van der Waals surface area (Å²) < 4.78 is 12.2. The first-order chi connectivity index (χ1) is 14.9. The van der Waals surface area contributed by atoms with Crippen LogP contribution in [-0.4, -0.2) is 25.5 Å². The molecule has 7 heteroatoms. The molecule has 0 radical (unpaired) electrons. The number of hydrogen-bond acceptors (Lipinski definition) is 5. The maximum Gasteiger partial charge on any atom is 0.336 e. The minimum atomic E-state index is -0.593. The Morgan fingerprint density at radius 3 is 2.45 bits per heavy atom. The van der Waals surface area contributed by atoms with Crippen molar-refractivity contribution < 1.29 is 19.1 Å². The number of benzene rings is 2. The normalized spacial score (nSPS) is 17.2. The Kier molecular flexibility index (Phi) is 5.90. The van der Waals surface area contributed by atoms with Crippen LogP contribution in [0.5, 0.6) is 5.75 Å². The van der Waals surface area contributed by atoms with Crippen LogP contribution in [0.15, 0.2) is 74.8 Å². The maximum absolute atomic E-state index is 13.4. The van der Waals surface area contributed by atoms with Gasteiger partial charge in [-0.05, 0) is 56.5 Å². The van der Waals surface area contributed by atoms with Gasteiger partial charge in [-0.25, -0.2) is 4.79 Å². The second-order valence-corrected chi connectivity index (χ2v) is 8.87. The van der Waals surface area contributed by atoms with Gasteiger partial charge in [0.05, 0.1) is 27.3 Å². The van der Waals surface area contributed by atoms with E-state index in [2.05, 4.69) is 43.8 Å². The molecule has 1 aliphatic carbocycles. The van der Waals surface area contributed by atoms with Crippen molar-refractivity contribution in [2.45, 2.75) is 12.8 Å². The fraction of sp³-hybridized carbons (Fsp3) is 0.167. The number of dihydropyridines is 1. The number of ketones is 1. The minimum absolute atomic E-state index is 0.101. The minimum Gasteiger partial charge on any atom is -0.487 e. The van der Waals surface area contributed by atoms with Gasteiger partial charge in [0.15, 0.2) is 5.78 Å². The molecule has 31 heavy (non-hydrogen) atoms. The molecule has 158 valence electrons. The lowest BCUT2D eigenvalue weighted by atomic mass is 9.80. The number of fused-ring (bicyclic) bond motifs is 2. The van der Waals surface area contributed by atoms with Crippen LogP contribution >= 0.6 is 31.9 Å². The molecular weight excluding hydrogens is 526 g/mol. The van der Waals surface area contributed by atoms with Gasteiger partial charge in [0, 0.05) is 28.3 Å². The monoisotopic (exact) mass is 543 g/mol. The van der Waals surface area contributed by atoms with Crippen LogP contribution in [0.2, 0.25) is 0 Å². The van der Waals surface area contributed by atoms with Crippen molar-refractivity contribution >= 4 is 49.3 Å². The van der Waals surface area contributed by atoms with Crippen LogP contribution in [-0.2, 0) is 9.53 Å². The van der Waals surface area contributed by atoms with Crippen molar-refractivity contribution in [2.75, 3.05) is 13.7 Å². The van der Waals surface area contributed by atoms with Crippen molar-refractivity contribution in [1.29, 1.82) is 0 Å². The molecule has 0 unspecified atom stereocenters. The van der Waals surface area contributed by atoms with Crippen molar-refractivity contribution in [3.8, 4) is 5.75 Å². The molecule has 2 aromatic carbocycles. The van der Waals surface area contributed by atoms with E-state index < -0.39 is 11.9 Å². The van der Waals surface area contributed by atoms with Crippen LogP contribution in [0.25, 0.3) is 5.70 Å². The maximum atomic E-state index is 13.4. The third-order valence-electron chi connectivity index (χ3n) is 5.35. The molecule has 0 fully saturated rings. The van der Waals surface area contributed by atoms with Crippen molar-refractivity contribution in [2.24, 2.45) is 0 Å². The SMILES string of the molecule is C=CCOc1c(Br)cc([C@H]2C(C(=O)OC)=C(C)NC3=C2C(=O)c2ccccc23)cc1Br. The molecule has 0 saturated carbocycles. The standard InChI is InChI=1S/C24H19Br2NO4/c1-4-9-31-23-16(25)10-13(11-17(23)26)19-18(24(29)30-3)12(2)27-21-14-7-5-6-8-15(14)22(28)20(19)21/h4-8,10-11,19,27H,1,9H2,2-3H3/t19-/m0/s1. The summed E-state index contributed by atoms with van der Waals surface area (Å²) in [6, 6.07) is 11.2. The molecule has 1 aliphatic heterocycles. The second-order valence-electron chi connectivity index (χ2n) is 7.17. The van der Waals surface area contributed by atoms with Gasteiger partial charge in [0.2, 0.25) is 0 Å². The van der Waals surface area contributed by atoms with E-state index in [-0.39, 0.29) is 5.78 Å². The number of hydrogen-bond donors (Lipinski definition) is 1. The highest BCUT2D eigenvalue weighted by Gasteiger charge is 2.43. The zero-order valence-corrected chi connectivity index (χ0v) is 20.1.